The molecule has 0 saturated heterocycles. The fourth-order valence-electron chi connectivity index (χ4n) is 9.78. The first kappa shape index (κ1) is 37.4. The Bertz CT molecular complexity index is 3610. The van der Waals surface area contributed by atoms with Crippen LogP contribution in [0.15, 0.2) is 241 Å². The van der Waals surface area contributed by atoms with E-state index in [0.29, 0.717) is 0 Å². The molecule has 0 atom stereocenters. The Morgan fingerprint density at radius 2 is 0.938 bits per heavy atom. The number of hydrogen-bond acceptors (Lipinski definition) is 2. The normalized spacial score (nSPS) is 11.5. The third-order valence-corrected chi connectivity index (χ3v) is 12.7. The van der Waals surface area contributed by atoms with Crippen molar-refractivity contribution in [3.63, 3.8) is 0 Å². The van der Waals surface area contributed by atoms with Gasteiger partial charge >= 0.3 is 0 Å². The second-order valence-corrected chi connectivity index (χ2v) is 16.5. The number of nitrogens with zero attached hydrogens (tertiary/aromatic N) is 2. The van der Waals surface area contributed by atoms with Crippen molar-refractivity contribution in [3.8, 4) is 50.2 Å². The number of aryl methyl sites for hydroxylation is 1. The molecule has 0 aliphatic heterocycles. The highest BCUT2D eigenvalue weighted by atomic mass is 16.3. The van der Waals surface area contributed by atoms with Crippen LogP contribution in [-0.2, 0) is 0 Å². The number of rotatable bonds is 8. The first-order valence-corrected chi connectivity index (χ1v) is 21.9. The van der Waals surface area contributed by atoms with Crippen LogP contribution >= 0.6 is 0 Å². The summed E-state index contributed by atoms with van der Waals surface area (Å²) in [4.78, 5) is 2.47. The van der Waals surface area contributed by atoms with Crippen LogP contribution < -0.4 is 4.90 Å². The summed E-state index contributed by atoms with van der Waals surface area (Å²) in [5.41, 5.74) is 18.5. The van der Waals surface area contributed by atoms with E-state index in [-0.39, 0.29) is 0 Å². The highest BCUT2D eigenvalue weighted by Crippen LogP contribution is 2.51. The van der Waals surface area contributed by atoms with E-state index in [1.165, 1.54) is 38.5 Å². The average molecular weight is 819 g/mol. The summed E-state index contributed by atoms with van der Waals surface area (Å²) in [6.45, 7) is 2.25. The molecule has 64 heavy (non-hydrogen) atoms. The van der Waals surface area contributed by atoms with Gasteiger partial charge in [-0.1, -0.05) is 170 Å². The smallest absolute Gasteiger partial charge is 0.145 e. The molecule has 2 aromatic heterocycles. The average Bonchev–Trinajstić information content (AvgIpc) is 3.91. The topological polar surface area (TPSA) is 21.3 Å². The van der Waals surface area contributed by atoms with Crippen LogP contribution in [-0.4, -0.2) is 4.57 Å². The molecule has 0 spiro atoms. The molecule has 0 radical (unpaired) electrons. The summed E-state index contributed by atoms with van der Waals surface area (Å²) in [6, 6.07) is 85.2. The van der Waals surface area contributed by atoms with Gasteiger partial charge in [0.2, 0.25) is 0 Å². The molecule has 12 aromatic rings. The van der Waals surface area contributed by atoms with E-state index in [2.05, 4.69) is 253 Å². The lowest BCUT2D eigenvalue weighted by Crippen LogP contribution is -2.14. The summed E-state index contributed by atoms with van der Waals surface area (Å²) in [5, 5.41) is 4.64. The molecular formula is C61H42N2O. The monoisotopic (exact) mass is 818 g/mol. The van der Waals surface area contributed by atoms with Crippen molar-refractivity contribution in [3.05, 3.63) is 242 Å². The molecule has 0 bridgehead atoms. The molecule has 0 amide bonds. The zero-order chi connectivity index (χ0) is 42.6. The third kappa shape index (κ3) is 6.29. The number of anilines is 3. The van der Waals surface area contributed by atoms with E-state index < -0.39 is 0 Å². The Balaban J connectivity index is 1.17. The molecule has 3 heteroatoms. The van der Waals surface area contributed by atoms with Crippen molar-refractivity contribution in [2.75, 3.05) is 4.90 Å². The molecule has 302 valence electrons. The van der Waals surface area contributed by atoms with E-state index in [1.807, 2.05) is 0 Å². The molecule has 0 aliphatic rings. The summed E-state index contributed by atoms with van der Waals surface area (Å²) >= 11 is 0. The van der Waals surface area contributed by atoms with E-state index in [0.717, 1.165) is 78.1 Å². The molecule has 0 unspecified atom stereocenters. The van der Waals surface area contributed by atoms with Crippen molar-refractivity contribution in [2.24, 2.45) is 0 Å². The molecule has 3 nitrogen and oxygen atoms in total. The maximum Gasteiger partial charge on any atom is 0.145 e. The number of benzene rings is 10. The Labute approximate surface area is 372 Å². The predicted octanol–water partition coefficient (Wildman–Crippen LogP) is 17.1. The van der Waals surface area contributed by atoms with E-state index in [4.69, 9.17) is 4.42 Å². The van der Waals surface area contributed by atoms with Crippen molar-refractivity contribution < 1.29 is 4.42 Å². The Kier molecular flexibility index (Phi) is 9.05. The predicted molar refractivity (Wildman–Crippen MR) is 269 cm³/mol. The SMILES string of the molecule is Cc1cc(-c2ccccc2)cc(-c2ccccc2)c1N(c1ccc(-c2ccccc2)cc1)c1ccc2c(oc3ccccc32)c1-c1cccc(-n2c3ccccc3c3ccccc32)c1. The Morgan fingerprint density at radius 3 is 1.61 bits per heavy atom. The number of fused-ring (bicyclic) bond motifs is 6. The number of furan rings is 1. The highest BCUT2D eigenvalue weighted by Gasteiger charge is 2.27. The van der Waals surface area contributed by atoms with E-state index in [9.17, 15) is 0 Å². The quantitative estimate of drug-likeness (QED) is 0.152. The van der Waals surface area contributed by atoms with Crippen LogP contribution in [0.5, 0.6) is 0 Å². The van der Waals surface area contributed by atoms with Crippen LogP contribution in [0.25, 0.3) is 93.9 Å². The first-order chi connectivity index (χ1) is 31.7. The van der Waals surface area contributed by atoms with Gasteiger partial charge in [-0.05, 0) is 113 Å². The van der Waals surface area contributed by atoms with Crippen LogP contribution in [0.4, 0.5) is 17.1 Å². The van der Waals surface area contributed by atoms with Gasteiger partial charge in [0.15, 0.2) is 0 Å². The third-order valence-electron chi connectivity index (χ3n) is 12.7. The van der Waals surface area contributed by atoms with Crippen LogP contribution in [0, 0.1) is 6.92 Å². The van der Waals surface area contributed by atoms with Gasteiger partial charge in [-0.2, -0.15) is 0 Å². The van der Waals surface area contributed by atoms with E-state index >= 15 is 0 Å². The van der Waals surface area contributed by atoms with E-state index in [1.54, 1.807) is 0 Å². The van der Waals surface area contributed by atoms with Crippen LogP contribution in [0.3, 0.4) is 0 Å². The van der Waals surface area contributed by atoms with Crippen LogP contribution in [0.2, 0.25) is 0 Å². The minimum Gasteiger partial charge on any atom is -0.455 e. The van der Waals surface area contributed by atoms with Crippen molar-refractivity contribution in [1.29, 1.82) is 0 Å². The summed E-state index contributed by atoms with van der Waals surface area (Å²) in [6.07, 6.45) is 0. The summed E-state index contributed by atoms with van der Waals surface area (Å²) < 4.78 is 9.43. The van der Waals surface area contributed by atoms with Gasteiger partial charge in [0.05, 0.1) is 22.4 Å². The molecule has 2 heterocycles. The molecular weight excluding hydrogens is 777 g/mol. The second kappa shape index (κ2) is 15.5. The maximum atomic E-state index is 7.04. The standard InChI is InChI=1S/C61H42N2O/c1-41-38-47(43-20-7-3-8-21-43)40-54(45-22-9-4-10-23-45)60(41)63(48-34-32-44(33-35-48)42-18-5-2-6-19-42)57-37-36-53-52-28-13-16-31-58(52)64-61(53)59(57)46-24-17-25-49(39-46)62-55-29-14-11-26-50(55)51-27-12-15-30-56(51)62/h2-40H,1H3. The molecule has 0 aliphatic carbocycles. The lowest BCUT2D eigenvalue weighted by molar-refractivity contribution is 0.670. The molecule has 0 N–H and O–H groups in total. The first-order valence-electron chi connectivity index (χ1n) is 21.9. The number of hydrogen-bond donors (Lipinski definition) is 0. The Morgan fingerprint density at radius 1 is 0.391 bits per heavy atom. The van der Waals surface area contributed by atoms with Crippen LogP contribution in [0.1, 0.15) is 5.56 Å². The van der Waals surface area contributed by atoms with Gasteiger partial charge in [-0.3, -0.25) is 0 Å². The molecule has 0 fully saturated rings. The fourth-order valence-corrected chi connectivity index (χ4v) is 9.78. The summed E-state index contributed by atoms with van der Waals surface area (Å²) in [7, 11) is 0. The minimum absolute atomic E-state index is 0.851. The van der Waals surface area contributed by atoms with Crippen molar-refractivity contribution >= 4 is 60.8 Å². The Hall–Kier alpha value is -8.40. The highest BCUT2D eigenvalue weighted by molar-refractivity contribution is 6.14. The fraction of sp³-hybridized carbons (Fsp3) is 0.0164. The van der Waals surface area contributed by atoms with Gasteiger partial charge in [0.1, 0.15) is 11.2 Å². The zero-order valence-corrected chi connectivity index (χ0v) is 35.3. The number of aromatic nitrogens is 1. The van der Waals surface area contributed by atoms with Gasteiger partial charge in [0, 0.05) is 44.0 Å². The van der Waals surface area contributed by atoms with Gasteiger partial charge < -0.3 is 13.9 Å². The maximum absolute atomic E-state index is 7.04. The zero-order valence-electron chi connectivity index (χ0n) is 35.3. The van der Waals surface area contributed by atoms with Gasteiger partial charge in [0.25, 0.3) is 0 Å². The van der Waals surface area contributed by atoms with Crippen molar-refractivity contribution in [1.82, 2.24) is 4.57 Å². The van der Waals surface area contributed by atoms with Gasteiger partial charge in [-0.25, -0.2) is 0 Å². The molecule has 10 aromatic carbocycles. The molecule has 0 saturated carbocycles. The molecule has 12 rings (SSSR count). The summed E-state index contributed by atoms with van der Waals surface area (Å²) in [5.74, 6) is 0. The number of para-hydroxylation sites is 3. The second-order valence-electron chi connectivity index (χ2n) is 16.5. The lowest BCUT2D eigenvalue weighted by Gasteiger charge is -2.32. The van der Waals surface area contributed by atoms with Gasteiger partial charge in [-0.15, -0.1) is 0 Å². The largest absolute Gasteiger partial charge is 0.455 e. The minimum atomic E-state index is 0.851. The van der Waals surface area contributed by atoms with Crippen molar-refractivity contribution in [2.45, 2.75) is 6.92 Å². The lowest BCUT2D eigenvalue weighted by atomic mass is 9.92.